The molecule has 0 bridgehead atoms. The Morgan fingerprint density at radius 2 is 2.28 bits per heavy atom. The predicted molar refractivity (Wildman–Crippen MR) is 67.8 cm³/mol. The van der Waals surface area contributed by atoms with Crippen LogP contribution in [0.3, 0.4) is 0 Å². The summed E-state index contributed by atoms with van der Waals surface area (Å²) in [6.45, 7) is 3.43. The second-order valence-corrected chi connectivity index (χ2v) is 4.92. The van der Waals surface area contributed by atoms with Crippen LogP contribution in [0.1, 0.15) is 23.7 Å². The molecule has 1 fully saturated rings. The van der Waals surface area contributed by atoms with Crippen molar-refractivity contribution in [2.75, 3.05) is 13.1 Å². The van der Waals surface area contributed by atoms with Gasteiger partial charge in [-0.25, -0.2) is 0 Å². The van der Waals surface area contributed by atoms with Gasteiger partial charge in [0.1, 0.15) is 5.02 Å². The lowest BCUT2D eigenvalue weighted by Crippen LogP contribution is -2.28. The number of amides is 1. The molecule has 1 saturated heterocycles. The van der Waals surface area contributed by atoms with E-state index in [0.717, 1.165) is 6.42 Å². The lowest BCUT2D eigenvalue weighted by Gasteiger charge is -2.16. The van der Waals surface area contributed by atoms with E-state index in [0.29, 0.717) is 19.0 Å². The van der Waals surface area contributed by atoms with Crippen LogP contribution in [-0.4, -0.2) is 28.8 Å². The standard InChI is InChI=1S/C12H13ClN2O3/c1-8-5-6-14(7-8)12(16)9-3-2-4-10(11(9)13)15(17)18/h2-4,8H,5-7H2,1H3. The maximum atomic E-state index is 12.2. The van der Waals surface area contributed by atoms with E-state index < -0.39 is 4.92 Å². The van der Waals surface area contributed by atoms with Crippen molar-refractivity contribution in [3.05, 3.63) is 38.9 Å². The fourth-order valence-corrected chi connectivity index (χ4v) is 2.39. The third-order valence-electron chi connectivity index (χ3n) is 3.12. The van der Waals surface area contributed by atoms with E-state index >= 15 is 0 Å². The van der Waals surface area contributed by atoms with Crippen molar-refractivity contribution in [2.45, 2.75) is 13.3 Å². The maximum absolute atomic E-state index is 12.2. The van der Waals surface area contributed by atoms with Crippen LogP contribution in [-0.2, 0) is 0 Å². The number of rotatable bonds is 2. The lowest BCUT2D eigenvalue weighted by molar-refractivity contribution is -0.384. The van der Waals surface area contributed by atoms with Crippen LogP contribution in [0.15, 0.2) is 18.2 Å². The van der Waals surface area contributed by atoms with E-state index in [2.05, 4.69) is 6.92 Å². The SMILES string of the molecule is CC1CCN(C(=O)c2cccc([N+](=O)[O-])c2Cl)C1. The zero-order valence-corrected chi connectivity index (χ0v) is 10.7. The summed E-state index contributed by atoms with van der Waals surface area (Å²) in [4.78, 5) is 24.1. The second-order valence-electron chi connectivity index (χ2n) is 4.54. The number of hydrogen-bond donors (Lipinski definition) is 0. The lowest BCUT2D eigenvalue weighted by atomic mass is 10.1. The van der Waals surface area contributed by atoms with Crippen LogP contribution in [0, 0.1) is 16.0 Å². The Balaban J connectivity index is 2.31. The first-order valence-corrected chi connectivity index (χ1v) is 6.10. The Hall–Kier alpha value is -1.62. The minimum atomic E-state index is -0.578. The van der Waals surface area contributed by atoms with Crippen LogP contribution in [0.5, 0.6) is 0 Å². The van der Waals surface area contributed by atoms with Gasteiger partial charge in [0.2, 0.25) is 0 Å². The van der Waals surface area contributed by atoms with Crippen molar-refractivity contribution >= 4 is 23.2 Å². The quantitative estimate of drug-likeness (QED) is 0.612. The number of nitrogens with zero attached hydrogens (tertiary/aromatic N) is 2. The van der Waals surface area contributed by atoms with E-state index in [1.54, 1.807) is 4.90 Å². The van der Waals surface area contributed by atoms with Gasteiger partial charge in [0.05, 0.1) is 10.5 Å². The number of likely N-dealkylation sites (tertiary alicyclic amines) is 1. The molecule has 0 saturated carbocycles. The molecule has 1 unspecified atom stereocenters. The summed E-state index contributed by atoms with van der Waals surface area (Å²) in [7, 11) is 0. The Kier molecular flexibility index (Phi) is 3.52. The molecular weight excluding hydrogens is 256 g/mol. The van der Waals surface area contributed by atoms with Gasteiger partial charge in [0.15, 0.2) is 0 Å². The number of nitro benzene ring substituents is 1. The molecule has 18 heavy (non-hydrogen) atoms. The number of carbonyl (C=O) groups excluding carboxylic acids is 1. The zero-order valence-electron chi connectivity index (χ0n) is 9.93. The molecule has 96 valence electrons. The molecular formula is C12H13ClN2O3. The number of hydrogen-bond acceptors (Lipinski definition) is 3. The Labute approximate surface area is 109 Å². The molecule has 0 radical (unpaired) electrons. The van der Waals surface area contributed by atoms with E-state index in [9.17, 15) is 14.9 Å². The smallest absolute Gasteiger partial charge is 0.288 e. The summed E-state index contributed by atoms with van der Waals surface area (Å²) in [6.07, 6.45) is 0.957. The Bertz CT molecular complexity index is 504. The molecule has 1 aromatic rings. The molecule has 0 aromatic heterocycles. The van der Waals surface area contributed by atoms with Crippen molar-refractivity contribution < 1.29 is 9.72 Å². The first-order valence-electron chi connectivity index (χ1n) is 5.73. The highest BCUT2D eigenvalue weighted by Crippen LogP contribution is 2.29. The van der Waals surface area contributed by atoms with Gasteiger partial charge in [-0.15, -0.1) is 0 Å². The number of carbonyl (C=O) groups is 1. The van der Waals surface area contributed by atoms with E-state index in [1.807, 2.05) is 0 Å². The van der Waals surface area contributed by atoms with Crippen molar-refractivity contribution in [3.8, 4) is 0 Å². The molecule has 1 aliphatic heterocycles. The Morgan fingerprint density at radius 1 is 1.56 bits per heavy atom. The zero-order chi connectivity index (χ0) is 13.3. The van der Waals surface area contributed by atoms with Crippen molar-refractivity contribution in [2.24, 2.45) is 5.92 Å². The van der Waals surface area contributed by atoms with E-state index in [1.165, 1.54) is 18.2 Å². The van der Waals surface area contributed by atoms with Gasteiger partial charge in [0.25, 0.3) is 11.6 Å². The first kappa shape index (κ1) is 12.8. The normalized spacial score (nSPS) is 19.0. The van der Waals surface area contributed by atoms with Crippen LogP contribution >= 0.6 is 11.6 Å². The van der Waals surface area contributed by atoms with Crippen LogP contribution < -0.4 is 0 Å². The fourth-order valence-electron chi connectivity index (χ4n) is 2.12. The summed E-state index contributed by atoms with van der Waals surface area (Å²) in [5, 5.41) is 10.7. The van der Waals surface area contributed by atoms with Crippen molar-refractivity contribution in [1.29, 1.82) is 0 Å². The summed E-state index contributed by atoms with van der Waals surface area (Å²) < 4.78 is 0. The molecule has 5 nitrogen and oxygen atoms in total. The van der Waals surface area contributed by atoms with E-state index in [4.69, 9.17) is 11.6 Å². The largest absolute Gasteiger partial charge is 0.338 e. The highest BCUT2D eigenvalue weighted by molar-refractivity contribution is 6.35. The molecule has 1 atom stereocenters. The van der Waals surface area contributed by atoms with Gasteiger partial charge in [-0.05, 0) is 18.4 Å². The summed E-state index contributed by atoms with van der Waals surface area (Å²) in [6, 6.07) is 4.31. The van der Waals surface area contributed by atoms with Gasteiger partial charge in [0, 0.05) is 19.2 Å². The summed E-state index contributed by atoms with van der Waals surface area (Å²) >= 11 is 5.92. The van der Waals surface area contributed by atoms with Gasteiger partial charge < -0.3 is 4.90 Å². The number of halogens is 1. The monoisotopic (exact) mass is 268 g/mol. The minimum Gasteiger partial charge on any atom is -0.338 e. The minimum absolute atomic E-state index is 0.0768. The third kappa shape index (κ3) is 2.31. The molecule has 1 amide bonds. The molecule has 1 aromatic carbocycles. The van der Waals surface area contributed by atoms with Gasteiger partial charge in [-0.2, -0.15) is 0 Å². The van der Waals surface area contributed by atoms with Gasteiger partial charge >= 0.3 is 0 Å². The highest BCUT2D eigenvalue weighted by atomic mass is 35.5. The maximum Gasteiger partial charge on any atom is 0.288 e. The topological polar surface area (TPSA) is 63.5 Å². The van der Waals surface area contributed by atoms with E-state index in [-0.39, 0.29) is 22.2 Å². The second kappa shape index (κ2) is 4.94. The molecule has 0 spiro atoms. The summed E-state index contributed by atoms with van der Waals surface area (Å²) in [5.41, 5.74) is -0.0188. The molecule has 6 heteroatoms. The fraction of sp³-hybridized carbons (Fsp3) is 0.417. The predicted octanol–water partition coefficient (Wildman–Crippen LogP) is 2.73. The average Bonchev–Trinajstić information content (AvgIpc) is 2.75. The summed E-state index contributed by atoms with van der Waals surface area (Å²) in [5.74, 6) is 0.236. The van der Waals surface area contributed by atoms with Gasteiger partial charge in [-0.3, -0.25) is 14.9 Å². The highest BCUT2D eigenvalue weighted by Gasteiger charge is 2.27. The van der Waals surface area contributed by atoms with Gasteiger partial charge in [-0.1, -0.05) is 24.6 Å². The molecule has 0 N–H and O–H groups in total. The number of benzene rings is 1. The van der Waals surface area contributed by atoms with Crippen molar-refractivity contribution in [1.82, 2.24) is 4.90 Å². The van der Waals surface area contributed by atoms with Crippen LogP contribution in [0.25, 0.3) is 0 Å². The first-order chi connectivity index (χ1) is 8.50. The molecule has 1 heterocycles. The van der Waals surface area contributed by atoms with Crippen LogP contribution in [0.4, 0.5) is 5.69 Å². The van der Waals surface area contributed by atoms with Crippen LogP contribution in [0.2, 0.25) is 5.02 Å². The molecule has 2 rings (SSSR count). The number of nitro groups is 1. The molecule has 1 aliphatic rings. The Morgan fingerprint density at radius 3 is 2.83 bits per heavy atom. The van der Waals surface area contributed by atoms with Crippen molar-refractivity contribution in [3.63, 3.8) is 0 Å². The average molecular weight is 269 g/mol. The third-order valence-corrected chi connectivity index (χ3v) is 3.51. The molecule has 0 aliphatic carbocycles.